The highest BCUT2D eigenvalue weighted by Gasteiger charge is 2.32. The number of nitrogens with one attached hydrogen (secondary N) is 1. The average Bonchev–Trinajstić information content (AvgIpc) is 2.60. The van der Waals surface area contributed by atoms with Gasteiger partial charge < -0.3 is 10.2 Å². The third-order valence-electron chi connectivity index (χ3n) is 2.75. The van der Waals surface area contributed by atoms with Crippen LogP contribution in [0.3, 0.4) is 0 Å². The average molecular weight is 351 g/mol. The zero-order valence-electron chi connectivity index (χ0n) is 8.84. The summed E-state index contributed by atoms with van der Waals surface area (Å²) in [7, 11) is 1.82. The minimum atomic E-state index is -0.0496. The van der Waals surface area contributed by atoms with Crippen molar-refractivity contribution in [2.24, 2.45) is 0 Å². The zero-order valence-corrected chi connectivity index (χ0v) is 11.7. The van der Waals surface area contributed by atoms with Gasteiger partial charge in [-0.25, -0.2) is 0 Å². The van der Waals surface area contributed by atoms with Gasteiger partial charge in [0.25, 0.3) is 0 Å². The van der Waals surface area contributed by atoms with Gasteiger partial charge in [0.15, 0.2) is 0 Å². The molecule has 0 aliphatic carbocycles. The molecule has 0 aromatic heterocycles. The van der Waals surface area contributed by atoms with Crippen molar-refractivity contribution in [3.8, 4) is 0 Å². The van der Waals surface area contributed by atoms with Crippen LogP contribution in [0.25, 0.3) is 0 Å². The molecule has 3 nitrogen and oxygen atoms in total. The molecule has 1 heterocycles. The summed E-state index contributed by atoms with van der Waals surface area (Å²) in [6.07, 6.45) is 0.855. The van der Waals surface area contributed by atoms with Crippen LogP contribution in [0, 0.1) is 3.57 Å². The van der Waals surface area contributed by atoms with E-state index in [-0.39, 0.29) is 11.9 Å². The van der Waals surface area contributed by atoms with Crippen LogP contribution in [0.15, 0.2) is 18.2 Å². The quantitative estimate of drug-likeness (QED) is 0.830. The van der Waals surface area contributed by atoms with Crippen molar-refractivity contribution in [2.75, 3.05) is 18.5 Å². The van der Waals surface area contributed by atoms with Gasteiger partial charge in [-0.15, -0.1) is 0 Å². The Morgan fingerprint density at radius 3 is 2.88 bits per heavy atom. The Bertz CT molecular complexity index is 424. The van der Waals surface area contributed by atoms with Crippen molar-refractivity contribution in [3.05, 3.63) is 26.8 Å². The van der Waals surface area contributed by atoms with Gasteiger partial charge in [0.05, 0.1) is 11.7 Å². The Hall–Kier alpha value is -0.330. The SMILES string of the molecule is CNC1CCN(c2ccc(Cl)cc2I)C1=O. The number of benzene rings is 1. The lowest BCUT2D eigenvalue weighted by molar-refractivity contribution is -0.118. The van der Waals surface area contributed by atoms with E-state index in [1.165, 1.54) is 0 Å². The number of amides is 1. The van der Waals surface area contributed by atoms with Gasteiger partial charge in [0.2, 0.25) is 5.91 Å². The topological polar surface area (TPSA) is 32.3 Å². The standard InChI is InChI=1S/C11H12ClIN2O/c1-14-9-4-5-15(11(9)16)10-3-2-7(12)6-8(10)13/h2-3,6,9,14H,4-5H2,1H3. The van der Waals surface area contributed by atoms with Gasteiger partial charge in [0.1, 0.15) is 0 Å². The molecule has 1 aliphatic heterocycles. The molecule has 1 fully saturated rings. The van der Waals surface area contributed by atoms with Gasteiger partial charge in [-0.3, -0.25) is 4.79 Å². The maximum Gasteiger partial charge on any atom is 0.244 e. The smallest absolute Gasteiger partial charge is 0.244 e. The Morgan fingerprint density at radius 1 is 1.56 bits per heavy atom. The molecule has 0 spiro atoms. The first-order valence-corrected chi connectivity index (χ1v) is 6.53. The first-order valence-electron chi connectivity index (χ1n) is 5.07. The lowest BCUT2D eigenvalue weighted by Crippen LogP contribution is -2.36. The van der Waals surface area contributed by atoms with E-state index in [2.05, 4.69) is 27.9 Å². The monoisotopic (exact) mass is 350 g/mol. The summed E-state index contributed by atoms with van der Waals surface area (Å²) in [5, 5.41) is 3.72. The van der Waals surface area contributed by atoms with Crippen molar-refractivity contribution >= 4 is 45.8 Å². The number of rotatable bonds is 2. The first kappa shape index (κ1) is 12.1. The van der Waals surface area contributed by atoms with E-state index in [0.29, 0.717) is 5.02 Å². The Labute approximate surface area is 113 Å². The van der Waals surface area contributed by atoms with Gasteiger partial charge in [-0.1, -0.05) is 11.6 Å². The number of carbonyl (C=O) groups is 1. The van der Waals surface area contributed by atoms with Gasteiger partial charge in [-0.2, -0.15) is 0 Å². The molecule has 1 atom stereocenters. The summed E-state index contributed by atoms with van der Waals surface area (Å²) in [6.45, 7) is 0.766. The second-order valence-electron chi connectivity index (χ2n) is 3.72. The third-order valence-corrected chi connectivity index (χ3v) is 3.85. The van der Waals surface area contributed by atoms with Crippen LogP contribution in [0.5, 0.6) is 0 Å². The second kappa shape index (κ2) is 4.89. The number of hydrogen-bond donors (Lipinski definition) is 1. The number of carbonyl (C=O) groups excluding carboxylic acids is 1. The van der Waals surface area contributed by atoms with Crippen LogP contribution in [0.2, 0.25) is 5.02 Å². The fourth-order valence-corrected chi connectivity index (χ4v) is 3.05. The summed E-state index contributed by atoms with van der Waals surface area (Å²) < 4.78 is 1.01. The van der Waals surface area contributed by atoms with Crippen molar-refractivity contribution in [1.82, 2.24) is 5.32 Å². The number of nitrogens with zero attached hydrogens (tertiary/aromatic N) is 1. The Balaban J connectivity index is 2.29. The molecule has 1 unspecified atom stereocenters. The number of hydrogen-bond acceptors (Lipinski definition) is 2. The number of anilines is 1. The van der Waals surface area contributed by atoms with Crippen molar-refractivity contribution in [3.63, 3.8) is 0 Å². The highest BCUT2D eigenvalue weighted by atomic mass is 127. The van der Waals surface area contributed by atoms with Crippen molar-refractivity contribution in [2.45, 2.75) is 12.5 Å². The van der Waals surface area contributed by atoms with E-state index >= 15 is 0 Å². The molecule has 1 amide bonds. The molecule has 1 saturated heterocycles. The molecule has 0 radical (unpaired) electrons. The molecule has 5 heteroatoms. The number of halogens is 2. The predicted octanol–water partition coefficient (Wildman–Crippen LogP) is 2.27. The third kappa shape index (κ3) is 2.19. The molecule has 1 aromatic carbocycles. The molecule has 1 N–H and O–H groups in total. The number of likely N-dealkylation sites (N-methyl/N-ethyl adjacent to an activating group) is 1. The van der Waals surface area contributed by atoms with Gasteiger partial charge >= 0.3 is 0 Å². The fraction of sp³-hybridized carbons (Fsp3) is 0.364. The van der Waals surface area contributed by atoms with E-state index in [0.717, 1.165) is 22.2 Å². The predicted molar refractivity (Wildman–Crippen MR) is 74.0 cm³/mol. The van der Waals surface area contributed by atoms with E-state index in [1.807, 2.05) is 30.1 Å². The summed E-state index contributed by atoms with van der Waals surface area (Å²) in [6, 6.07) is 5.54. The minimum Gasteiger partial charge on any atom is -0.310 e. The maximum absolute atomic E-state index is 12.0. The molecule has 1 aliphatic rings. The summed E-state index contributed by atoms with van der Waals surface area (Å²) in [5.41, 5.74) is 0.952. The van der Waals surface area contributed by atoms with Crippen LogP contribution in [-0.4, -0.2) is 25.5 Å². The fourth-order valence-electron chi connectivity index (χ4n) is 1.89. The van der Waals surface area contributed by atoms with Crippen molar-refractivity contribution in [1.29, 1.82) is 0 Å². The van der Waals surface area contributed by atoms with E-state index < -0.39 is 0 Å². The Kier molecular flexibility index (Phi) is 3.71. The Morgan fingerprint density at radius 2 is 2.31 bits per heavy atom. The zero-order chi connectivity index (χ0) is 11.7. The van der Waals surface area contributed by atoms with Crippen LogP contribution in [-0.2, 0) is 4.79 Å². The maximum atomic E-state index is 12.0. The van der Waals surface area contributed by atoms with Gasteiger partial charge in [0, 0.05) is 15.1 Å². The van der Waals surface area contributed by atoms with Gasteiger partial charge in [-0.05, 0) is 54.3 Å². The van der Waals surface area contributed by atoms with E-state index in [1.54, 1.807) is 0 Å². The van der Waals surface area contributed by atoms with Crippen LogP contribution >= 0.6 is 34.2 Å². The molecule has 16 heavy (non-hydrogen) atoms. The summed E-state index contributed by atoms with van der Waals surface area (Å²) >= 11 is 8.10. The molecule has 0 bridgehead atoms. The molecule has 2 rings (SSSR count). The largest absolute Gasteiger partial charge is 0.310 e. The first-order chi connectivity index (χ1) is 7.63. The highest BCUT2D eigenvalue weighted by Crippen LogP contribution is 2.29. The van der Waals surface area contributed by atoms with E-state index in [4.69, 9.17) is 11.6 Å². The normalized spacial score (nSPS) is 20.6. The lowest BCUT2D eigenvalue weighted by atomic mass is 10.2. The lowest BCUT2D eigenvalue weighted by Gasteiger charge is -2.18. The molecule has 0 saturated carbocycles. The van der Waals surface area contributed by atoms with Crippen LogP contribution < -0.4 is 10.2 Å². The van der Waals surface area contributed by atoms with E-state index in [9.17, 15) is 4.79 Å². The molecular formula is C11H12ClIN2O. The minimum absolute atomic E-state index is 0.0496. The van der Waals surface area contributed by atoms with Crippen LogP contribution in [0.4, 0.5) is 5.69 Å². The van der Waals surface area contributed by atoms with Crippen molar-refractivity contribution < 1.29 is 4.79 Å². The van der Waals surface area contributed by atoms with Crippen LogP contribution in [0.1, 0.15) is 6.42 Å². The molecule has 1 aromatic rings. The molecule has 86 valence electrons. The summed E-state index contributed by atoms with van der Waals surface area (Å²) in [5.74, 6) is 0.141. The molecular weight excluding hydrogens is 338 g/mol. The highest BCUT2D eigenvalue weighted by molar-refractivity contribution is 14.1. The summed E-state index contributed by atoms with van der Waals surface area (Å²) in [4.78, 5) is 13.8. The second-order valence-corrected chi connectivity index (χ2v) is 5.31.